The largest absolute Gasteiger partial charge is 0.465 e. The molecule has 0 aliphatic rings. The summed E-state index contributed by atoms with van der Waals surface area (Å²) in [6.45, 7) is 1.72. The smallest absolute Gasteiger partial charge is 0.434 e. The van der Waals surface area contributed by atoms with Gasteiger partial charge in [0.25, 0.3) is 5.56 Å². The van der Waals surface area contributed by atoms with Gasteiger partial charge in [-0.3, -0.25) is 9.59 Å². The van der Waals surface area contributed by atoms with Crippen LogP contribution in [0, 0.1) is 11.8 Å². The van der Waals surface area contributed by atoms with Gasteiger partial charge in [0.15, 0.2) is 5.69 Å². The number of nitrogens with one attached hydrogen (secondary N) is 1. The molecule has 1 aromatic rings. The average molecular weight is 274 g/mol. The molecule has 0 fully saturated rings. The highest BCUT2D eigenvalue weighted by molar-refractivity contribution is 5.72. The topological polar surface area (TPSA) is 72.0 Å². The quantitative estimate of drug-likeness (QED) is 0.647. The summed E-state index contributed by atoms with van der Waals surface area (Å²) in [5, 5.41) is 0. The molecule has 8 heteroatoms. The number of aromatic nitrogens is 2. The second-order valence-corrected chi connectivity index (χ2v) is 3.24. The fourth-order valence-electron chi connectivity index (χ4n) is 1.15. The number of halogens is 3. The zero-order valence-electron chi connectivity index (χ0n) is 9.80. The van der Waals surface area contributed by atoms with Crippen LogP contribution in [0.4, 0.5) is 13.2 Å². The van der Waals surface area contributed by atoms with Crippen molar-refractivity contribution >= 4 is 5.97 Å². The number of carbonyl (C=O) groups excluding carboxylic acids is 1. The summed E-state index contributed by atoms with van der Waals surface area (Å²) < 4.78 is 42.2. The molecule has 1 rings (SSSR count). The van der Waals surface area contributed by atoms with Crippen molar-refractivity contribution in [2.45, 2.75) is 19.5 Å². The molecular weight excluding hydrogens is 265 g/mol. The third-order valence-electron chi connectivity index (χ3n) is 1.87. The predicted molar refractivity (Wildman–Crippen MR) is 58.0 cm³/mol. The van der Waals surface area contributed by atoms with Crippen LogP contribution >= 0.6 is 0 Å². The number of hydrogen-bond donors (Lipinski definition) is 1. The molecule has 1 heterocycles. The van der Waals surface area contributed by atoms with Crippen molar-refractivity contribution in [2.24, 2.45) is 0 Å². The van der Waals surface area contributed by atoms with Crippen molar-refractivity contribution in [1.29, 1.82) is 0 Å². The van der Waals surface area contributed by atoms with Gasteiger partial charge in [0.2, 0.25) is 0 Å². The minimum atomic E-state index is -4.79. The Balaban J connectivity index is 3.05. The van der Waals surface area contributed by atoms with Gasteiger partial charge in [0.1, 0.15) is 12.0 Å². The number of rotatable bonds is 2. The van der Waals surface area contributed by atoms with Crippen LogP contribution in [-0.2, 0) is 15.7 Å². The van der Waals surface area contributed by atoms with E-state index in [2.05, 4.69) is 15.6 Å². The monoisotopic (exact) mass is 274 g/mol. The molecule has 0 spiro atoms. The van der Waals surface area contributed by atoms with Crippen molar-refractivity contribution in [3.05, 3.63) is 27.9 Å². The molecule has 0 bridgehead atoms. The number of carbonyl (C=O) groups is 1. The summed E-state index contributed by atoms with van der Waals surface area (Å²) in [4.78, 5) is 27.3. The number of ether oxygens (including phenoxy) is 1. The molecule has 19 heavy (non-hydrogen) atoms. The van der Waals surface area contributed by atoms with Crippen molar-refractivity contribution in [1.82, 2.24) is 9.97 Å². The fraction of sp³-hybridized carbons (Fsp3) is 0.364. The number of nitrogens with zero attached hydrogens (tertiary/aromatic N) is 1. The lowest BCUT2D eigenvalue weighted by Crippen LogP contribution is -2.20. The fourth-order valence-corrected chi connectivity index (χ4v) is 1.15. The van der Waals surface area contributed by atoms with Gasteiger partial charge >= 0.3 is 12.1 Å². The van der Waals surface area contributed by atoms with Crippen LogP contribution in [0.1, 0.15) is 24.6 Å². The van der Waals surface area contributed by atoms with Gasteiger partial charge in [-0.15, -0.1) is 0 Å². The number of hydrogen-bond acceptors (Lipinski definition) is 4. The number of esters is 1. The van der Waals surface area contributed by atoms with Crippen LogP contribution in [-0.4, -0.2) is 22.5 Å². The number of aromatic amines is 1. The lowest BCUT2D eigenvalue weighted by molar-refractivity contribution is -0.142. The lowest BCUT2D eigenvalue weighted by Gasteiger charge is -2.05. The van der Waals surface area contributed by atoms with Gasteiger partial charge in [-0.25, -0.2) is 4.98 Å². The molecule has 0 aliphatic carbocycles. The highest BCUT2D eigenvalue weighted by atomic mass is 19.4. The lowest BCUT2D eigenvalue weighted by atomic mass is 10.2. The van der Waals surface area contributed by atoms with E-state index in [0.717, 1.165) is 0 Å². The second kappa shape index (κ2) is 6.04. The third kappa shape index (κ3) is 4.13. The van der Waals surface area contributed by atoms with Gasteiger partial charge < -0.3 is 9.72 Å². The molecule has 5 nitrogen and oxygen atoms in total. The Labute approximate surface area is 105 Å². The summed E-state index contributed by atoms with van der Waals surface area (Å²) in [6.07, 6.45) is -4.55. The normalized spacial score (nSPS) is 10.5. The molecule has 1 N–H and O–H groups in total. The Bertz CT molecular complexity index is 581. The summed E-state index contributed by atoms with van der Waals surface area (Å²) in [7, 11) is 0. The zero-order chi connectivity index (χ0) is 14.5. The van der Waals surface area contributed by atoms with Crippen LogP contribution in [0.2, 0.25) is 0 Å². The van der Waals surface area contributed by atoms with E-state index in [1.807, 2.05) is 10.9 Å². The highest BCUT2D eigenvalue weighted by Gasteiger charge is 2.36. The van der Waals surface area contributed by atoms with Gasteiger partial charge in [0, 0.05) is 0 Å². The van der Waals surface area contributed by atoms with Gasteiger partial charge in [0.05, 0.1) is 12.9 Å². The standard InChI is InChI=1S/C11H9F3N2O3/c1-2-19-8(17)5-3-4-7-9(11(12,13)14)15-6-16-10(7)18/h6H,2,5H2,1H3,(H,15,16,18). The molecule has 0 saturated carbocycles. The Hall–Kier alpha value is -2.30. The Morgan fingerprint density at radius 3 is 2.79 bits per heavy atom. The molecule has 0 amide bonds. The number of alkyl halides is 3. The van der Waals surface area contributed by atoms with Crippen molar-refractivity contribution in [2.75, 3.05) is 6.61 Å². The van der Waals surface area contributed by atoms with Crippen LogP contribution in [0.25, 0.3) is 0 Å². The molecule has 0 aliphatic heterocycles. The molecule has 0 radical (unpaired) electrons. The first-order chi connectivity index (χ1) is 8.86. The molecule has 0 atom stereocenters. The Morgan fingerprint density at radius 1 is 1.53 bits per heavy atom. The van der Waals surface area contributed by atoms with Crippen molar-refractivity contribution in [3.8, 4) is 11.8 Å². The molecular formula is C11H9F3N2O3. The predicted octanol–water partition coefficient (Wildman–Crippen LogP) is 1.09. The first kappa shape index (κ1) is 14.8. The second-order valence-electron chi connectivity index (χ2n) is 3.24. The van der Waals surface area contributed by atoms with E-state index in [0.29, 0.717) is 6.33 Å². The van der Waals surface area contributed by atoms with Crippen molar-refractivity contribution in [3.63, 3.8) is 0 Å². The van der Waals surface area contributed by atoms with Crippen LogP contribution in [0.5, 0.6) is 0 Å². The maximum atomic E-state index is 12.6. The van der Waals surface area contributed by atoms with E-state index < -0.39 is 35.4 Å². The molecule has 1 aromatic heterocycles. The van der Waals surface area contributed by atoms with E-state index in [1.54, 1.807) is 6.92 Å². The van der Waals surface area contributed by atoms with Crippen LogP contribution in [0.3, 0.4) is 0 Å². The van der Waals surface area contributed by atoms with Gasteiger partial charge in [-0.1, -0.05) is 11.8 Å². The molecule has 0 saturated heterocycles. The van der Waals surface area contributed by atoms with Crippen LogP contribution in [0.15, 0.2) is 11.1 Å². The average Bonchev–Trinajstić information content (AvgIpc) is 2.30. The van der Waals surface area contributed by atoms with Gasteiger partial charge in [-0.05, 0) is 6.92 Å². The zero-order valence-corrected chi connectivity index (χ0v) is 9.80. The summed E-state index contributed by atoms with van der Waals surface area (Å²) in [5.74, 6) is 3.48. The SMILES string of the molecule is CCOC(=O)CC#Cc1c(C(F)(F)F)nc[nH]c1=O. The van der Waals surface area contributed by atoms with Crippen LogP contribution < -0.4 is 5.56 Å². The Morgan fingerprint density at radius 2 is 2.21 bits per heavy atom. The highest BCUT2D eigenvalue weighted by Crippen LogP contribution is 2.28. The maximum Gasteiger partial charge on any atom is 0.434 e. The Kier molecular flexibility index (Phi) is 4.69. The van der Waals surface area contributed by atoms with Gasteiger partial charge in [-0.2, -0.15) is 13.2 Å². The molecule has 102 valence electrons. The summed E-state index contributed by atoms with van der Waals surface area (Å²) in [5.41, 5.74) is -3.22. The third-order valence-corrected chi connectivity index (χ3v) is 1.87. The summed E-state index contributed by atoms with van der Waals surface area (Å²) >= 11 is 0. The first-order valence-corrected chi connectivity index (χ1v) is 5.15. The van der Waals surface area contributed by atoms with E-state index in [-0.39, 0.29) is 6.61 Å². The van der Waals surface area contributed by atoms with E-state index in [4.69, 9.17) is 0 Å². The van der Waals surface area contributed by atoms with E-state index >= 15 is 0 Å². The van der Waals surface area contributed by atoms with Crippen molar-refractivity contribution < 1.29 is 22.7 Å². The van der Waals surface area contributed by atoms with E-state index in [1.165, 1.54) is 0 Å². The minimum Gasteiger partial charge on any atom is -0.465 e. The minimum absolute atomic E-state index is 0.141. The first-order valence-electron chi connectivity index (χ1n) is 5.15. The maximum absolute atomic E-state index is 12.6. The molecule has 0 aromatic carbocycles. The van der Waals surface area contributed by atoms with E-state index in [9.17, 15) is 22.8 Å². The molecule has 0 unspecified atom stereocenters. The number of H-pyrrole nitrogens is 1. The summed E-state index contributed by atoms with van der Waals surface area (Å²) in [6, 6.07) is 0.